The van der Waals surface area contributed by atoms with Crippen molar-refractivity contribution in [1.29, 1.82) is 0 Å². The highest BCUT2D eigenvalue weighted by molar-refractivity contribution is 7.14. The van der Waals surface area contributed by atoms with Gasteiger partial charge in [-0.25, -0.2) is 4.98 Å². The second kappa shape index (κ2) is 8.06. The van der Waals surface area contributed by atoms with Gasteiger partial charge in [0.2, 0.25) is 0 Å². The first-order valence-corrected chi connectivity index (χ1v) is 9.82. The van der Waals surface area contributed by atoms with Gasteiger partial charge in [0.25, 0.3) is 5.91 Å². The highest BCUT2D eigenvalue weighted by Gasteiger charge is 2.10. The van der Waals surface area contributed by atoms with E-state index in [4.69, 9.17) is 0 Å². The van der Waals surface area contributed by atoms with Gasteiger partial charge in [-0.2, -0.15) is 0 Å². The maximum Gasteiger partial charge on any atom is 0.256 e. The van der Waals surface area contributed by atoms with Crippen LogP contribution in [-0.2, 0) is 0 Å². The van der Waals surface area contributed by atoms with Gasteiger partial charge in [-0.3, -0.25) is 4.79 Å². The maximum absolute atomic E-state index is 12.7. The number of nitrogens with zero attached hydrogens (tertiary/aromatic N) is 1. The van der Waals surface area contributed by atoms with Crippen molar-refractivity contribution in [3.63, 3.8) is 0 Å². The molecule has 5 heteroatoms. The number of carbonyl (C=O) groups excluding carboxylic acids is 1. The van der Waals surface area contributed by atoms with E-state index < -0.39 is 0 Å². The van der Waals surface area contributed by atoms with Crippen LogP contribution < -0.4 is 10.6 Å². The van der Waals surface area contributed by atoms with Gasteiger partial charge in [-0.05, 0) is 29.0 Å². The fourth-order valence-electron chi connectivity index (χ4n) is 2.99. The van der Waals surface area contributed by atoms with Gasteiger partial charge in [0.05, 0.1) is 5.69 Å². The molecule has 4 aromatic rings. The molecule has 0 aliphatic heterocycles. The monoisotopic (exact) mass is 385 g/mol. The molecule has 138 valence electrons. The SMILES string of the molecule is C=CCNc1nc(-c2ccc(NC(=O)c3cccc4ccccc34)cc2)cs1. The van der Waals surface area contributed by atoms with Crippen LogP contribution >= 0.6 is 11.3 Å². The third-order valence-electron chi connectivity index (χ3n) is 4.37. The topological polar surface area (TPSA) is 54.0 Å². The number of anilines is 2. The molecule has 0 radical (unpaired) electrons. The van der Waals surface area contributed by atoms with Crippen molar-refractivity contribution in [3.8, 4) is 11.3 Å². The number of benzene rings is 3. The molecule has 3 aromatic carbocycles. The zero-order chi connectivity index (χ0) is 19.3. The number of aromatic nitrogens is 1. The summed E-state index contributed by atoms with van der Waals surface area (Å²) >= 11 is 1.56. The minimum absolute atomic E-state index is 0.117. The highest BCUT2D eigenvalue weighted by Crippen LogP contribution is 2.26. The van der Waals surface area contributed by atoms with E-state index >= 15 is 0 Å². The number of hydrogen-bond donors (Lipinski definition) is 2. The van der Waals surface area contributed by atoms with Crippen LogP contribution in [0.25, 0.3) is 22.0 Å². The Hall–Kier alpha value is -3.44. The minimum atomic E-state index is -0.117. The predicted octanol–water partition coefficient (Wildman–Crippen LogP) is 5.81. The summed E-state index contributed by atoms with van der Waals surface area (Å²) in [6.45, 7) is 4.38. The fraction of sp³-hybridized carbons (Fsp3) is 0.0435. The quantitative estimate of drug-likeness (QED) is 0.412. The van der Waals surface area contributed by atoms with Crippen LogP contribution in [0.15, 0.2) is 84.8 Å². The number of thiazole rings is 1. The lowest BCUT2D eigenvalue weighted by atomic mass is 10.0. The Morgan fingerprint density at radius 2 is 1.82 bits per heavy atom. The number of carbonyl (C=O) groups is 1. The zero-order valence-electron chi connectivity index (χ0n) is 15.2. The van der Waals surface area contributed by atoms with Gasteiger partial charge < -0.3 is 10.6 Å². The van der Waals surface area contributed by atoms with E-state index in [9.17, 15) is 4.79 Å². The van der Waals surface area contributed by atoms with E-state index in [-0.39, 0.29) is 5.91 Å². The van der Waals surface area contributed by atoms with Crippen LogP contribution in [0.3, 0.4) is 0 Å². The first kappa shape index (κ1) is 17.9. The van der Waals surface area contributed by atoms with E-state index in [1.807, 2.05) is 72.1 Å². The predicted molar refractivity (Wildman–Crippen MR) is 118 cm³/mol. The molecule has 28 heavy (non-hydrogen) atoms. The van der Waals surface area contributed by atoms with E-state index in [1.54, 1.807) is 17.4 Å². The molecule has 0 atom stereocenters. The lowest BCUT2D eigenvalue weighted by molar-refractivity contribution is 0.102. The molecule has 4 nitrogen and oxygen atoms in total. The van der Waals surface area contributed by atoms with Crippen LogP contribution in [0.4, 0.5) is 10.8 Å². The Labute approximate surface area is 167 Å². The Morgan fingerprint density at radius 3 is 2.64 bits per heavy atom. The highest BCUT2D eigenvalue weighted by atomic mass is 32.1. The molecular formula is C23H19N3OS. The van der Waals surface area contributed by atoms with Gasteiger partial charge in [0.1, 0.15) is 0 Å². The summed E-state index contributed by atoms with van der Waals surface area (Å²) in [6, 6.07) is 21.4. The lowest BCUT2D eigenvalue weighted by Gasteiger charge is -2.08. The number of amides is 1. The summed E-state index contributed by atoms with van der Waals surface area (Å²) < 4.78 is 0. The normalized spacial score (nSPS) is 10.6. The lowest BCUT2D eigenvalue weighted by Crippen LogP contribution is -2.12. The van der Waals surface area contributed by atoms with Crippen LogP contribution in [0.5, 0.6) is 0 Å². The fourth-order valence-corrected chi connectivity index (χ4v) is 3.72. The molecule has 2 N–H and O–H groups in total. The van der Waals surface area contributed by atoms with Crippen molar-refractivity contribution in [2.24, 2.45) is 0 Å². The summed E-state index contributed by atoms with van der Waals surface area (Å²) in [6.07, 6.45) is 1.80. The van der Waals surface area contributed by atoms with Gasteiger partial charge in [-0.15, -0.1) is 17.9 Å². The Bertz CT molecular complexity index is 1130. The van der Waals surface area contributed by atoms with Gasteiger partial charge >= 0.3 is 0 Å². The molecule has 0 fully saturated rings. The number of hydrogen-bond acceptors (Lipinski definition) is 4. The maximum atomic E-state index is 12.7. The molecule has 4 rings (SSSR count). The average Bonchev–Trinajstić information content (AvgIpc) is 3.21. The Kier molecular flexibility index (Phi) is 5.17. The Morgan fingerprint density at radius 1 is 1.04 bits per heavy atom. The standard InChI is InChI=1S/C23H19N3OS/c1-2-14-24-23-26-21(15-28-23)17-10-12-18(13-11-17)25-22(27)20-9-5-7-16-6-3-4-8-19(16)20/h2-13,15H,1,14H2,(H,24,26)(H,25,27). The zero-order valence-corrected chi connectivity index (χ0v) is 16.0. The van der Waals surface area contributed by atoms with Crippen LogP contribution in [0.1, 0.15) is 10.4 Å². The van der Waals surface area contributed by atoms with Gasteiger partial charge in [-0.1, -0.05) is 54.6 Å². The van der Waals surface area contributed by atoms with Crippen molar-refractivity contribution in [2.45, 2.75) is 0 Å². The van der Waals surface area contributed by atoms with E-state index in [1.165, 1.54) is 0 Å². The largest absolute Gasteiger partial charge is 0.358 e. The first-order chi connectivity index (χ1) is 13.7. The van der Waals surface area contributed by atoms with E-state index in [2.05, 4.69) is 22.2 Å². The molecule has 0 unspecified atom stereocenters. The minimum Gasteiger partial charge on any atom is -0.358 e. The van der Waals surface area contributed by atoms with Gasteiger partial charge in [0.15, 0.2) is 5.13 Å². The smallest absolute Gasteiger partial charge is 0.256 e. The first-order valence-electron chi connectivity index (χ1n) is 8.94. The second-order valence-corrected chi connectivity index (χ2v) is 7.12. The molecule has 1 heterocycles. The third-order valence-corrected chi connectivity index (χ3v) is 5.17. The van der Waals surface area contributed by atoms with Crippen molar-refractivity contribution >= 4 is 38.8 Å². The van der Waals surface area contributed by atoms with Crippen molar-refractivity contribution in [2.75, 3.05) is 17.2 Å². The van der Waals surface area contributed by atoms with E-state index in [0.29, 0.717) is 12.1 Å². The summed E-state index contributed by atoms with van der Waals surface area (Å²) in [5.41, 5.74) is 3.33. The third kappa shape index (κ3) is 3.80. The average molecular weight is 385 g/mol. The van der Waals surface area contributed by atoms with Gasteiger partial charge in [0, 0.05) is 28.7 Å². The molecule has 0 aliphatic carbocycles. The van der Waals surface area contributed by atoms with Crippen LogP contribution in [-0.4, -0.2) is 17.4 Å². The molecule has 0 saturated heterocycles. The number of rotatable bonds is 6. The molecule has 0 saturated carbocycles. The van der Waals surface area contributed by atoms with Crippen LogP contribution in [0, 0.1) is 0 Å². The van der Waals surface area contributed by atoms with E-state index in [0.717, 1.165) is 32.8 Å². The summed E-state index contributed by atoms with van der Waals surface area (Å²) in [4.78, 5) is 17.3. The van der Waals surface area contributed by atoms with Crippen LogP contribution in [0.2, 0.25) is 0 Å². The summed E-state index contributed by atoms with van der Waals surface area (Å²) in [5, 5.41) is 11.0. The van der Waals surface area contributed by atoms with Crippen molar-refractivity contribution < 1.29 is 4.79 Å². The number of nitrogens with one attached hydrogen (secondary N) is 2. The molecule has 1 aromatic heterocycles. The molecule has 0 aliphatic rings. The molecule has 1 amide bonds. The molecular weight excluding hydrogens is 366 g/mol. The number of fused-ring (bicyclic) bond motifs is 1. The molecule has 0 bridgehead atoms. The van der Waals surface area contributed by atoms with Crippen molar-refractivity contribution in [3.05, 3.63) is 90.3 Å². The summed E-state index contributed by atoms with van der Waals surface area (Å²) in [5.74, 6) is -0.117. The van der Waals surface area contributed by atoms with Crippen molar-refractivity contribution in [1.82, 2.24) is 4.98 Å². The Balaban J connectivity index is 1.50. The second-order valence-electron chi connectivity index (χ2n) is 6.27. The summed E-state index contributed by atoms with van der Waals surface area (Å²) in [7, 11) is 0. The molecule has 0 spiro atoms.